The van der Waals surface area contributed by atoms with Gasteiger partial charge in [0.15, 0.2) is 6.29 Å². The van der Waals surface area contributed by atoms with Gasteiger partial charge in [-0.15, -0.1) is 0 Å². The van der Waals surface area contributed by atoms with Crippen molar-refractivity contribution < 1.29 is 19.0 Å². The first kappa shape index (κ1) is 12.5. The average Bonchev–Trinajstić information content (AvgIpc) is 2.34. The molecule has 4 heteroatoms. The van der Waals surface area contributed by atoms with Gasteiger partial charge in [0, 0.05) is 26.2 Å². The van der Waals surface area contributed by atoms with Crippen molar-refractivity contribution >= 4 is 6.29 Å². The highest BCUT2D eigenvalue weighted by Gasteiger charge is 2.04. The number of rotatable bonds is 7. The lowest BCUT2D eigenvalue weighted by Crippen LogP contribution is -2.03. The third kappa shape index (κ3) is 3.55. The molecule has 0 fully saturated rings. The van der Waals surface area contributed by atoms with Gasteiger partial charge in [0.2, 0.25) is 0 Å². The van der Waals surface area contributed by atoms with Gasteiger partial charge in [-0.25, -0.2) is 0 Å². The predicted molar refractivity (Wildman–Crippen MR) is 60.4 cm³/mol. The van der Waals surface area contributed by atoms with Crippen molar-refractivity contribution in [1.82, 2.24) is 0 Å². The Morgan fingerprint density at radius 3 is 2.69 bits per heavy atom. The number of carbonyl (C=O) groups excluding carboxylic acids is 1. The van der Waals surface area contributed by atoms with Crippen LogP contribution in [0.5, 0.6) is 11.5 Å². The van der Waals surface area contributed by atoms with Crippen LogP contribution in [0.2, 0.25) is 0 Å². The molecular weight excluding hydrogens is 208 g/mol. The van der Waals surface area contributed by atoms with Crippen molar-refractivity contribution in [2.75, 3.05) is 27.4 Å². The van der Waals surface area contributed by atoms with Gasteiger partial charge in [0.25, 0.3) is 0 Å². The topological polar surface area (TPSA) is 44.8 Å². The summed E-state index contributed by atoms with van der Waals surface area (Å²) >= 11 is 0. The first-order valence-corrected chi connectivity index (χ1v) is 5.06. The second kappa shape index (κ2) is 6.85. The standard InChI is InChI=1S/C12H16O4/c1-14-6-3-7-16-12-8-11(15-2)5-4-10(12)9-13/h4-5,8-9H,3,6-7H2,1-2H3. The molecule has 0 saturated carbocycles. The molecule has 4 nitrogen and oxygen atoms in total. The molecule has 0 N–H and O–H groups in total. The van der Waals surface area contributed by atoms with Crippen molar-refractivity contribution in [1.29, 1.82) is 0 Å². The number of benzene rings is 1. The quantitative estimate of drug-likeness (QED) is 0.524. The van der Waals surface area contributed by atoms with Crippen molar-refractivity contribution in [3.8, 4) is 11.5 Å². The molecule has 1 aromatic carbocycles. The Morgan fingerprint density at radius 1 is 1.25 bits per heavy atom. The van der Waals surface area contributed by atoms with Gasteiger partial charge in [-0.3, -0.25) is 4.79 Å². The number of methoxy groups -OCH3 is 2. The Morgan fingerprint density at radius 2 is 2.06 bits per heavy atom. The molecule has 0 saturated heterocycles. The summed E-state index contributed by atoms with van der Waals surface area (Å²) in [7, 11) is 3.22. The van der Waals surface area contributed by atoms with Crippen LogP contribution in [0.15, 0.2) is 18.2 Å². The Hall–Kier alpha value is -1.55. The Labute approximate surface area is 95.1 Å². The molecule has 0 unspecified atom stereocenters. The van der Waals surface area contributed by atoms with Crippen molar-refractivity contribution in [3.05, 3.63) is 23.8 Å². The summed E-state index contributed by atoms with van der Waals surface area (Å²) in [5.41, 5.74) is 0.526. The minimum atomic E-state index is 0.516. The fourth-order valence-corrected chi connectivity index (χ4v) is 1.25. The minimum Gasteiger partial charge on any atom is -0.497 e. The summed E-state index contributed by atoms with van der Waals surface area (Å²) in [5, 5.41) is 0. The number of carbonyl (C=O) groups is 1. The van der Waals surface area contributed by atoms with Crippen LogP contribution in [0.4, 0.5) is 0 Å². The van der Waals surface area contributed by atoms with E-state index in [2.05, 4.69) is 0 Å². The lowest BCUT2D eigenvalue weighted by Gasteiger charge is -2.09. The molecule has 88 valence electrons. The lowest BCUT2D eigenvalue weighted by molar-refractivity contribution is 0.111. The highest BCUT2D eigenvalue weighted by molar-refractivity contribution is 5.79. The van der Waals surface area contributed by atoms with Crippen LogP contribution in [-0.4, -0.2) is 33.7 Å². The average molecular weight is 224 g/mol. The smallest absolute Gasteiger partial charge is 0.153 e. The van der Waals surface area contributed by atoms with E-state index in [0.717, 1.165) is 12.7 Å². The molecule has 0 aromatic heterocycles. The Bertz CT molecular complexity index is 336. The van der Waals surface area contributed by atoms with Crippen molar-refractivity contribution in [3.63, 3.8) is 0 Å². The van der Waals surface area contributed by atoms with Gasteiger partial charge in [0.05, 0.1) is 19.3 Å². The minimum absolute atomic E-state index is 0.516. The maximum absolute atomic E-state index is 10.8. The molecule has 0 bridgehead atoms. The van der Waals surface area contributed by atoms with Crippen molar-refractivity contribution in [2.45, 2.75) is 6.42 Å². The molecule has 1 rings (SSSR count). The van der Waals surface area contributed by atoms with Crippen LogP contribution in [0.3, 0.4) is 0 Å². The first-order chi connectivity index (χ1) is 7.81. The second-order valence-corrected chi connectivity index (χ2v) is 3.22. The lowest BCUT2D eigenvalue weighted by atomic mass is 10.2. The number of ether oxygens (including phenoxy) is 3. The highest BCUT2D eigenvalue weighted by atomic mass is 16.5. The third-order valence-electron chi connectivity index (χ3n) is 2.10. The van der Waals surface area contributed by atoms with Crippen LogP contribution in [-0.2, 0) is 4.74 Å². The molecule has 0 aliphatic rings. The predicted octanol–water partition coefficient (Wildman–Crippen LogP) is 1.92. The van der Waals surface area contributed by atoms with E-state index in [4.69, 9.17) is 14.2 Å². The van der Waals surface area contributed by atoms with Crippen LogP contribution in [0.1, 0.15) is 16.8 Å². The zero-order chi connectivity index (χ0) is 11.8. The van der Waals surface area contributed by atoms with E-state index < -0.39 is 0 Å². The van der Waals surface area contributed by atoms with E-state index in [-0.39, 0.29) is 0 Å². The van der Waals surface area contributed by atoms with Crippen LogP contribution in [0, 0.1) is 0 Å². The van der Waals surface area contributed by atoms with Gasteiger partial charge < -0.3 is 14.2 Å². The fourth-order valence-electron chi connectivity index (χ4n) is 1.25. The van der Waals surface area contributed by atoms with Gasteiger partial charge in [-0.2, -0.15) is 0 Å². The number of hydrogen-bond donors (Lipinski definition) is 0. The zero-order valence-electron chi connectivity index (χ0n) is 9.56. The fraction of sp³-hybridized carbons (Fsp3) is 0.417. The van der Waals surface area contributed by atoms with Gasteiger partial charge in [-0.1, -0.05) is 0 Å². The molecular formula is C12H16O4. The van der Waals surface area contributed by atoms with Gasteiger partial charge >= 0.3 is 0 Å². The molecule has 0 aliphatic carbocycles. The molecule has 0 radical (unpaired) electrons. The molecule has 0 amide bonds. The van der Waals surface area contributed by atoms with E-state index in [1.165, 1.54) is 0 Å². The van der Waals surface area contributed by atoms with E-state index in [9.17, 15) is 4.79 Å². The zero-order valence-corrected chi connectivity index (χ0v) is 9.56. The molecule has 16 heavy (non-hydrogen) atoms. The molecule has 0 spiro atoms. The Kier molecular flexibility index (Phi) is 5.36. The summed E-state index contributed by atoms with van der Waals surface area (Å²) in [6.45, 7) is 1.15. The maximum atomic E-state index is 10.8. The second-order valence-electron chi connectivity index (χ2n) is 3.22. The van der Waals surface area contributed by atoms with E-state index in [1.54, 1.807) is 32.4 Å². The van der Waals surface area contributed by atoms with Crippen LogP contribution < -0.4 is 9.47 Å². The molecule has 0 atom stereocenters. The molecule has 0 aliphatic heterocycles. The Balaban J connectivity index is 2.64. The summed E-state index contributed by atoms with van der Waals surface area (Å²) in [6, 6.07) is 5.11. The third-order valence-corrected chi connectivity index (χ3v) is 2.10. The summed E-state index contributed by atoms with van der Waals surface area (Å²) in [5.74, 6) is 1.22. The molecule has 0 heterocycles. The van der Waals surface area contributed by atoms with Gasteiger partial charge in [-0.05, 0) is 12.1 Å². The van der Waals surface area contributed by atoms with E-state index >= 15 is 0 Å². The van der Waals surface area contributed by atoms with E-state index in [0.29, 0.717) is 30.3 Å². The summed E-state index contributed by atoms with van der Waals surface area (Å²) < 4.78 is 15.4. The first-order valence-electron chi connectivity index (χ1n) is 5.06. The number of hydrogen-bond acceptors (Lipinski definition) is 4. The molecule has 1 aromatic rings. The van der Waals surface area contributed by atoms with Crippen LogP contribution >= 0.6 is 0 Å². The van der Waals surface area contributed by atoms with Crippen LogP contribution in [0.25, 0.3) is 0 Å². The maximum Gasteiger partial charge on any atom is 0.153 e. The summed E-state index contributed by atoms with van der Waals surface area (Å²) in [4.78, 5) is 10.8. The largest absolute Gasteiger partial charge is 0.497 e. The summed E-state index contributed by atoms with van der Waals surface area (Å²) in [6.07, 6.45) is 1.55. The number of aldehydes is 1. The van der Waals surface area contributed by atoms with E-state index in [1.807, 2.05) is 0 Å². The monoisotopic (exact) mass is 224 g/mol. The van der Waals surface area contributed by atoms with Crippen molar-refractivity contribution in [2.24, 2.45) is 0 Å². The van der Waals surface area contributed by atoms with Gasteiger partial charge in [0.1, 0.15) is 11.5 Å². The SMILES string of the molecule is COCCCOc1cc(OC)ccc1C=O. The normalized spacial score (nSPS) is 9.88. The highest BCUT2D eigenvalue weighted by Crippen LogP contribution is 2.23.